The number of benzene rings is 4. The van der Waals surface area contributed by atoms with Gasteiger partial charge in [-0.2, -0.15) is 0 Å². The number of carbonyl (C=O) groups is 4. The predicted octanol–water partition coefficient (Wildman–Crippen LogP) is 8.50. The Morgan fingerprint density at radius 2 is 0.969 bits per heavy atom. The zero-order chi connectivity index (χ0) is 44.9. The molecule has 4 N–H and O–H groups in total. The Hall–Kier alpha value is -6.44. The Labute approximate surface area is 371 Å². The van der Waals surface area contributed by atoms with Crippen molar-refractivity contribution in [2.24, 2.45) is 35.5 Å². The molecule has 2 aromatic heterocycles. The minimum absolute atomic E-state index is 0.0987. The first kappa shape index (κ1) is 41.6. The van der Waals surface area contributed by atoms with E-state index in [9.17, 15) is 19.2 Å². The maximum atomic E-state index is 14.1. The summed E-state index contributed by atoms with van der Waals surface area (Å²) in [4.78, 5) is 73.6. The van der Waals surface area contributed by atoms with E-state index < -0.39 is 24.3 Å². The van der Waals surface area contributed by atoms with Crippen LogP contribution in [0.2, 0.25) is 0 Å². The summed E-state index contributed by atoms with van der Waals surface area (Å²) in [6.45, 7) is 12.1. The molecule has 5 unspecified atom stereocenters. The predicted molar refractivity (Wildman–Crippen MR) is 244 cm³/mol. The van der Waals surface area contributed by atoms with Gasteiger partial charge in [-0.1, -0.05) is 77.9 Å². The largest absolute Gasteiger partial charge is 0.453 e. The first-order chi connectivity index (χ1) is 30.7. The van der Waals surface area contributed by atoms with E-state index in [0.29, 0.717) is 23.7 Å². The Bertz CT molecular complexity index is 2660. The maximum Gasteiger partial charge on any atom is 0.407 e. The lowest BCUT2D eigenvalue weighted by atomic mass is 9.97. The fraction of sp³-hybridized carbons (Fsp3) is 0.440. The van der Waals surface area contributed by atoms with Gasteiger partial charge in [0, 0.05) is 12.1 Å². The molecule has 2 aliphatic heterocycles. The van der Waals surface area contributed by atoms with Crippen molar-refractivity contribution in [2.75, 3.05) is 14.2 Å². The van der Waals surface area contributed by atoms with Crippen LogP contribution >= 0.6 is 0 Å². The first-order valence-corrected chi connectivity index (χ1v) is 22.6. The second kappa shape index (κ2) is 15.7. The molecule has 4 fully saturated rings. The quantitative estimate of drug-likeness (QED) is 0.106. The fourth-order valence-electron chi connectivity index (χ4n) is 11.0. The van der Waals surface area contributed by atoms with Crippen molar-refractivity contribution in [3.8, 4) is 22.3 Å². The molecule has 332 valence electrons. The van der Waals surface area contributed by atoms with Crippen molar-refractivity contribution in [1.29, 1.82) is 0 Å². The number of methoxy groups -OCH3 is 2. The monoisotopic (exact) mass is 864 g/mol. The Morgan fingerprint density at radius 1 is 0.594 bits per heavy atom. The van der Waals surface area contributed by atoms with Crippen molar-refractivity contribution in [3.05, 3.63) is 84.4 Å². The molecule has 2 saturated heterocycles. The van der Waals surface area contributed by atoms with Gasteiger partial charge in [-0.15, -0.1) is 0 Å². The number of imidazole rings is 2. The van der Waals surface area contributed by atoms with E-state index in [0.717, 1.165) is 79.6 Å². The number of hydrogen-bond donors (Lipinski definition) is 4. The van der Waals surface area contributed by atoms with Gasteiger partial charge in [0.25, 0.3) is 0 Å². The van der Waals surface area contributed by atoms with E-state index in [1.54, 1.807) is 0 Å². The number of likely N-dealkylation sites (tertiary alicyclic amines) is 2. The lowest BCUT2D eigenvalue weighted by molar-refractivity contribution is -0.137. The molecular formula is C50H56N8O6. The van der Waals surface area contributed by atoms with Crippen molar-refractivity contribution < 1.29 is 28.7 Å². The van der Waals surface area contributed by atoms with Crippen molar-refractivity contribution in [1.82, 2.24) is 40.4 Å². The SMILES string of the molecule is COC(=O)N[C@H](C(=O)N1C2C(C)C2C[C@H]1c1nc2ccc(-c3ccc4cc(-c5ccc6nc([C@@H]7CC8C([C@@H]8C)N7C(=O)[C@@H](NC(=O)OC)C(C)C)[nH]c6c5)ccc4c3)cc2[nH]1)C(C)C. The minimum Gasteiger partial charge on any atom is -0.453 e. The average molecular weight is 865 g/mol. The van der Waals surface area contributed by atoms with Gasteiger partial charge < -0.3 is 39.9 Å². The number of piperidine rings is 2. The summed E-state index contributed by atoms with van der Waals surface area (Å²) in [5.74, 6) is 2.75. The van der Waals surface area contributed by atoms with Crippen LogP contribution in [0.3, 0.4) is 0 Å². The van der Waals surface area contributed by atoms with Crippen LogP contribution in [-0.4, -0.2) is 92.1 Å². The summed E-state index contributed by atoms with van der Waals surface area (Å²) in [6, 6.07) is 24.0. The second-order valence-electron chi connectivity index (χ2n) is 19.2. The van der Waals surface area contributed by atoms with E-state index >= 15 is 0 Å². The number of aromatic nitrogens is 4. The van der Waals surface area contributed by atoms with E-state index in [-0.39, 0.29) is 47.8 Å². The highest BCUT2D eigenvalue weighted by molar-refractivity contribution is 5.94. The van der Waals surface area contributed by atoms with Gasteiger partial charge in [-0.05, 0) is 118 Å². The first-order valence-electron chi connectivity index (χ1n) is 22.6. The van der Waals surface area contributed by atoms with E-state index in [1.807, 2.05) is 49.6 Å². The summed E-state index contributed by atoms with van der Waals surface area (Å²) in [6.07, 6.45) is 0.435. The molecule has 6 aromatic rings. The molecule has 4 aliphatic rings. The number of amides is 4. The van der Waals surface area contributed by atoms with Gasteiger partial charge in [0.05, 0.1) is 48.4 Å². The Kier molecular flexibility index (Phi) is 10.2. The van der Waals surface area contributed by atoms with Crippen LogP contribution in [0.1, 0.15) is 78.1 Å². The van der Waals surface area contributed by atoms with Gasteiger partial charge in [-0.25, -0.2) is 19.6 Å². The van der Waals surface area contributed by atoms with E-state index in [4.69, 9.17) is 19.4 Å². The number of hydrogen-bond acceptors (Lipinski definition) is 8. The minimum atomic E-state index is -0.694. The molecular weight excluding hydrogens is 809 g/mol. The normalized spacial score (nSPS) is 25.4. The third-order valence-corrected chi connectivity index (χ3v) is 14.8. The smallest absolute Gasteiger partial charge is 0.407 e. The standard InChI is InChI=1S/C50H56N8O6/c1-23(2)41(55-49(61)63-7)47(59)57-39(21-33-25(5)43(33)57)45-51-35-15-13-31(19-37(35)53-45)29-11-9-28-18-30(12-10-27(28)17-29)32-14-16-36-38(20-32)54-46(52-36)40-22-34-26(6)44(34)58(40)48(60)42(24(3)4)56-50(62)64-8/h9-20,23-26,33-34,39-44H,21-22H2,1-8H3,(H,51,53)(H,52,54)(H,55,61)(H,56,62)/t25-,26?,33?,34?,39+,40+,41+,42+,43?,44?/m1/s1. The molecule has 14 heteroatoms. The van der Waals surface area contributed by atoms with Crippen LogP contribution in [-0.2, 0) is 19.1 Å². The van der Waals surface area contributed by atoms with E-state index in [2.05, 4.69) is 95.1 Å². The van der Waals surface area contributed by atoms with Crippen LogP contribution in [0, 0.1) is 35.5 Å². The summed E-state index contributed by atoms with van der Waals surface area (Å²) in [5.41, 5.74) is 7.77. The van der Waals surface area contributed by atoms with Crippen LogP contribution in [0.5, 0.6) is 0 Å². The van der Waals surface area contributed by atoms with E-state index in [1.165, 1.54) is 14.2 Å². The summed E-state index contributed by atoms with van der Waals surface area (Å²) in [7, 11) is 2.62. The molecule has 4 aromatic carbocycles. The number of carbonyl (C=O) groups excluding carboxylic acids is 4. The van der Waals surface area contributed by atoms with Crippen molar-refractivity contribution >= 4 is 56.8 Å². The van der Waals surface area contributed by atoms with Gasteiger partial charge >= 0.3 is 12.2 Å². The van der Waals surface area contributed by atoms with Gasteiger partial charge in [0.15, 0.2) is 0 Å². The number of H-pyrrole nitrogens is 2. The van der Waals surface area contributed by atoms with Crippen LogP contribution < -0.4 is 10.6 Å². The van der Waals surface area contributed by atoms with Gasteiger partial charge in [0.1, 0.15) is 23.7 Å². The number of ether oxygens (including phenoxy) is 2. The maximum absolute atomic E-state index is 14.1. The molecule has 4 amide bonds. The number of rotatable bonds is 10. The third kappa shape index (κ3) is 7.01. The van der Waals surface area contributed by atoms with Crippen molar-refractivity contribution in [3.63, 3.8) is 0 Å². The van der Waals surface area contributed by atoms with Crippen molar-refractivity contribution in [2.45, 2.75) is 90.6 Å². The molecule has 10 rings (SSSR count). The number of fused-ring (bicyclic) bond motifs is 5. The zero-order valence-electron chi connectivity index (χ0n) is 37.5. The molecule has 64 heavy (non-hydrogen) atoms. The molecule has 0 bridgehead atoms. The molecule has 4 heterocycles. The molecule has 0 spiro atoms. The topological polar surface area (TPSA) is 175 Å². The lowest BCUT2D eigenvalue weighted by Crippen LogP contribution is -2.52. The van der Waals surface area contributed by atoms with Crippen LogP contribution in [0.15, 0.2) is 72.8 Å². The lowest BCUT2D eigenvalue weighted by Gasteiger charge is -2.32. The highest BCUT2D eigenvalue weighted by Gasteiger charge is 2.62. The molecule has 2 saturated carbocycles. The molecule has 10 atom stereocenters. The summed E-state index contributed by atoms with van der Waals surface area (Å²) in [5, 5.41) is 7.77. The number of aromatic amines is 2. The third-order valence-electron chi connectivity index (χ3n) is 14.8. The highest BCUT2D eigenvalue weighted by Crippen LogP contribution is 2.59. The molecule has 14 nitrogen and oxygen atoms in total. The number of nitrogens with one attached hydrogen (secondary N) is 4. The Morgan fingerprint density at radius 3 is 1.34 bits per heavy atom. The average Bonchev–Trinajstić information content (AvgIpc) is 3.74. The zero-order valence-corrected chi connectivity index (χ0v) is 37.5. The second-order valence-corrected chi connectivity index (χ2v) is 19.2. The van der Waals surface area contributed by atoms with Gasteiger partial charge in [-0.3, -0.25) is 9.59 Å². The number of alkyl carbamates (subject to hydrolysis) is 2. The molecule has 2 aliphatic carbocycles. The Balaban J connectivity index is 0.875. The summed E-state index contributed by atoms with van der Waals surface area (Å²) >= 11 is 0. The summed E-state index contributed by atoms with van der Waals surface area (Å²) < 4.78 is 9.69. The van der Waals surface area contributed by atoms with Gasteiger partial charge in [0.2, 0.25) is 11.8 Å². The molecule has 0 radical (unpaired) electrons. The highest BCUT2D eigenvalue weighted by atomic mass is 16.5. The number of nitrogens with zero attached hydrogens (tertiary/aromatic N) is 4. The van der Waals surface area contributed by atoms with Crippen LogP contribution in [0.25, 0.3) is 55.1 Å². The fourth-order valence-corrected chi connectivity index (χ4v) is 11.0. The van der Waals surface area contributed by atoms with Crippen LogP contribution in [0.4, 0.5) is 9.59 Å².